The lowest BCUT2D eigenvalue weighted by atomic mass is 10.1. The number of methoxy groups -OCH3 is 1. The van der Waals surface area contributed by atoms with Crippen molar-refractivity contribution in [1.29, 1.82) is 0 Å². The van der Waals surface area contributed by atoms with Crippen molar-refractivity contribution >= 4 is 15.9 Å². The average Bonchev–Trinajstić information content (AvgIpc) is 2.88. The number of nitrogens with one attached hydrogen (secondary N) is 1. The highest BCUT2D eigenvalue weighted by Crippen LogP contribution is 2.20. The topological polar surface area (TPSA) is 79.0 Å². The lowest BCUT2D eigenvalue weighted by Gasteiger charge is -2.34. The number of sulfonamides is 1. The molecule has 1 aliphatic heterocycles. The molecule has 3 aromatic rings. The molecule has 1 aliphatic rings. The van der Waals surface area contributed by atoms with Gasteiger partial charge in [-0.25, -0.2) is 8.42 Å². The molecule has 7 nitrogen and oxygen atoms in total. The minimum Gasteiger partial charge on any atom is -0.496 e. The van der Waals surface area contributed by atoms with Crippen LogP contribution in [-0.4, -0.2) is 56.8 Å². The standard InChI is InChI=1S/C27H31N3O4S/c1-21-10-12-25(13-11-21)35(32,33)30-16-14-29(15-17-30)20-22-6-5-8-23(18-22)27(31)28-19-24-7-3-4-9-26(24)34-2/h3-13,18H,14-17,19-20H2,1-2H3,(H,28,31). The van der Waals surface area contributed by atoms with E-state index in [9.17, 15) is 13.2 Å². The van der Waals surface area contributed by atoms with Crippen LogP contribution in [0.15, 0.2) is 77.7 Å². The van der Waals surface area contributed by atoms with Crippen LogP contribution in [0.4, 0.5) is 0 Å². The number of ether oxygens (including phenoxy) is 1. The molecule has 0 spiro atoms. The molecular formula is C27H31N3O4S. The quantitative estimate of drug-likeness (QED) is 0.520. The van der Waals surface area contributed by atoms with E-state index in [0.29, 0.717) is 49.7 Å². The van der Waals surface area contributed by atoms with Crippen molar-refractivity contribution < 1.29 is 17.9 Å². The third-order valence-electron chi connectivity index (χ3n) is 6.22. The number of para-hydroxylation sites is 1. The van der Waals surface area contributed by atoms with E-state index in [1.165, 1.54) is 0 Å². The molecule has 1 heterocycles. The summed E-state index contributed by atoms with van der Waals surface area (Å²) >= 11 is 0. The van der Waals surface area contributed by atoms with E-state index in [0.717, 1.165) is 22.4 Å². The summed E-state index contributed by atoms with van der Waals surface area (Å²) in [5.41, 5.74) is 3.56. The Labute approximate surface area is 207 Å². The fourth-order valence-corrected chi connectivity index (χ4v) is 5.61. The second kappa shape index (κ2) is 11.0. The summed E-state index contributed by atoms with van der Waals surface area (Å²) < 4.78 is 32.8. The smallest absolute Gasteiger partial charge is 0.251 e. The van der Waals surface area contributed by atoms with Crippen LogP contribution in [0.5, 0.6) is 5.75 Å². The van der Waals surface area contributed by atoms with Crippen molar-refractivity contribution in [1.82, 2.24) is 14.5 Å². The van der Waals surface area contributed by atoms with Crippen molar-refractivity contribution in [2.75, 3.05) is 33.3 Å². The predicted molar refractivity (Wildman–Crippen MR) is 136 cm³/mol. The number of hydrogen-bond donors (Lipinski definition) is 1. The monoisotopic (exact) mass is 493 g/mol. The van der Waals surface area contributed by atoms with E-state index in [1.54, 1.807) is 29.6 Å². The van der Waals surface area contributed by atoms with Gasteiger partial charge in [0, 0.05) is 50.4 Å². The van der Waals surface area contributed by atoms with Crippen LogP contribution in [0, 0.1) is 6.92 Å². The normalized spacial score (nSPS) is 15.0. The van der Waals surface area contributed by atoms with Gasteiger partial charge >= 0.3 is 0 Å². The minimum atomic E-state index is -3.48. The Morgan fingerprint density at radius 2 is 1.66 bits per heavy atom. The molecule has 4 rings (SSSR count). The fourth-order valence-electron chi connectivity index (χ4n) is 4.18. The Kier molecular flexibility index (Phi) is 7.85. The molecule has 8 heteroatoms. The van der Waals surface area contributed by atoms with Gasteiger partial charge in [-0.05, 0) is 42.8 Å². The minimum absolute atomic E-state index is 0.147. The maximum atomic E-state index is 12.9. The summed E-state index contributed by atoms with van der Waals surface area (Å²) in [6.07, 6.45) is 0. The van der Waals surface area contributed by atoms with Gasteiger partial charge in [0.25, 0.3) is 5.91 Å². The van der Waals surface area contributed by atoms with Crippen LogP contribution < -0.4 is 10.1 Å². The van der Waals surface area contributed by atoms with Crippen molar-refractivity contribution in [3.8, 4) is 5.75 Å². The molecular weight excluding hydrogens is 462 g/mol. The predicted octanol–water partition coefficient (Wildman–Crippen LogP) is 3.44. The third-order valence-corrected chi connectivity index (χ3v) is 8.13. The molecule has 1 amide bonds. The Balaban J connectivity index is 1.33. The zero-order valence-electron chi connectivity index (χ0n) is 20.1. The maximum Gasteiger partial charge on any atom is 0.251 e. The summed E-state index contributed by atoms with van der Waals surface area (Å²) in [6, 6.07) is 22.1. The van der Waals surface area contributed by atoms with Gasteiger partial charge in [-0.1, -0.05) is 48.0 Å². The summed E-state index contributed by atoms with van der Waals surface area (Å²) in [4.78, 5) is 15.3. The van der Waals surface area contributed by atoms with Crippen LogP contribution in [0.1, 0.15) is 27.0 Å². The van der Waals surface area contributed by atoms with Crippen molar-refractivity contribution in [3.63, 3.8) is 0 Å². The third kappa shape index (κ3) is 6.08. The molecule has 35 heavy (non-hydrogen) atoms. The Bertz CT molecular complexity index is 1270. The van der Waals surface area contributed by atoms with Gasteiger partial charge in [-0.15, -0.1) is 0 Å². The first-order valence-electron chi connectivity index (χ1n) is 11.6. The largest absolute Gasteiger partial charge is 0.496 e. The van der Waals surface area contributed by atoms with Gasteiger partial charge in [-0.2, -0.15) is 4.31 Å². The zero-order valence-corrected chi connectivity index (χ0v) is 20.9. The van der Waals surface area contributed by atoms with Crippen molar-refractivity contribution in [2.24, 2.45) is 0 Å². The van der Waals surface area contributed by atoms with Gasteiger partial charge in [0.05, 0.1) is 12.0 Å². The molecule has 1 fully saturated rings. The molecule has 0 unspecified atom stereocenters. The molecule has 3 aromatic carbocycles. The first-order valence-corrected chi connectivity index (χ1v) is 13.1. The summed E-state index contributed by atoms with van der Waals surface area (Å²) in [6.45, 7) is 5.12. The lowest BCUT2D eigenvalue weighted by Crippen LogP contribution is -2.48. The van der Waals surface area contributed by atoms with E-state index in [4.69, 9.17) is 4.74 Å². The number of hydrogen-bond acceptors (Lipinski definition) is 5. The van der Waals surface area contributed by atoms with Gasteiger partial charge < -0.3 is 10.1 Å². The molecule has 0 radical (unpaired) electrons. The Hall–Kier alpha value is -3.20. The highest BCUT2D eigenvalue weighted by Gasteiger charge is 2.28. The number of benzene rings is 3. The summed E-state index contributed by atoms with van der Waals surface area (Å²) in [7, 11) is -1.87. The van der Waals surface area contributed by atoms with E-state index in [2.05, 4.69) is 10.2 Å². The number of carbonyl (C=O) groups is 1. The number of piperazine rings is 1. The molecule has 0 aliphatic carbocycles. The Morgan fingerprint density at radius 1 is 0.943 bits per heavy atom. The molecule has 1 saturated heterocycles. The van der Waals surface area contributed by atoms with E-state index in [1.807, 2.05) is 61.5 Å². The number of carbonyl (C=O) groups excluding carboxylic acids is 1. The van der Waals surface area contributed by atoms with E-state index < -0.39 is 10.0 Å². The molecule has 0 aromatic heterocycles. The second-order valence-electron chi connectivity index (χ2n) is 8.69. The first-order chi connectivity index (χ1) is 16.9. The molecule has 0 atom stereocenters. The zero-order chi connectivity index (χ0) is 24.8. The van der Waals surface area contributed by atoms with Crippen molar-refractivity contribution in [3.05, 3.63) is 95.1 Å². The van der Waals surface area contributed by atoms with E-state index >= 15 is 0 Å². The van der Waals surface area contributed by atoms with Crippen molar-refractivity contribution in [2.45, 2.75) is 24.9 Å². The summed E-state index contributed by atoms with van der Waals surface area (Å²) in [5, 5.41) is 2.96. The van der Waals surface area contributed by atoms with Gasteiger partial charge in [-0.3, -0.25) is 9.69 Å². The number of rotatable bonds is 8. The molecule has 0 bridgehead atoms. The number of nitrogens with zero attached hydrogens (tertiary/aromatic N) is 2. The van der Waals surface area contributed by atoms with E-state index in [-0.39, 0.29) is 5.91 Å². The van der Waals surface area contributed by atoms with Gasteiger partial charge in [0.1, 0.15) is 5.75 Å². The highest BCUT2D eigenvalue weighted by molar-refractivity contribution is 7.89. The second-order valence-corrected chi connectivity index (χ2v) is 10.6. The van der Waals surface area contributed by atoms with Crippen LogP contribution in [0.2, 0.25) is 0 Å². The highest BCUT2D eigenvalue weighted by atomic mass is 32.2. The van der Waals surface area contributed by atoms with Crippen LogP contribution in [0.25, 0.3) is 0 Å². The van der Waals surface area contributed by atoms with Crippen LogP contribution >= 0.6 is 0 Å². The lowest BCUT2D eigenvalue weighted by molar-refractivity contribution is 0.0950. The number of amides is 1. The Morgan fingerprint density at radius 3 is 2.37 bits per heavy atom. The first kappa shape index (κ1) is 24.9. The number of aryl methyl sites for hydroxylation is 1. The van der Waals surface area contributed by atoms with Crippen LogP contribution in [0.3, 0.4) is 0 Å². The van der Waals surface area contributed by atoms with Gasteiger partial charge in [0.2, 0.25) is 10.0 Å². The van der Waals surface area contributed by atoms with Crippen LogP contribution in [-0.2, 0) is 23.1 Å². The average molecular weight is 494 g/mol. The summed E-state index contributed by atoms with van der Waals surface area (Å²) in [5.74, 6) is 0.594. The maximum absolute atomic E-state index is 12.9. The van der Waals surface area contributed by atoms with Gasteiger partial charge in [0.15, 0.2) is 0 Å². The SMILES string of the molecule is COc1ccccc1CNC(=O)c1cccc(CN2CCN(S(=O)(=O)c3ccc(C)cc3)CC2)c1. The fraction of sp³-hybridized carbons (Fsp3) is 0.296. The molecule has 0 saturated carbocycles. The molecule has 1 N–H and O–H groups in total. The molecule has 184 valence electrons.